The predicted octanol–water partition coefficient (Wildman–Crippen LogP) is 3.66. The minimum Gasteiger partial charge on any atom is -0.396 e. The molecule has 4 heteroatoms. The zero-order chi connectivity index (χ0) is 12.6. The summed E-state index contributed by atoms with van der Waals surface area (Å²) < 4.78 is 40.4. The Morgan fingerprint density at radius 2 is 1.47 bits per heavy atom. The van der Waals surface area contributed by atoms with Gasteiger partial charge in [0.25, 0.3) is 0 Å². The van der Waals surface area contributed by atoms with Gasteiger partial charge < -0.3 is 5.73 Å². The Hall–Kier alpha value is -1.97. The molecule has 2 aromatic carbocycles. The molecule has 2 rings (SSSR count). The second-order valence-electron chi connectivity index (χ2n) is 3.84. The predicted molar refractivity (Wildman–Crippen MR) is 60.9 cm³/mol. The van der Waals surface area contributed by atoms with E-state index < -0.39 is 17.5 Å². The Morgan fingerprint density at radius 3 is 2.18 bits per heavy atom. The Morgan fingerprint density at radius 1 is 0.824 bits per heavy atom. The van der Waals surface area contributed by atoms with E-state index >= 15 is 0 Å². The maximum absolute atomic E-state index is 13.6. The van der Waals surface area contributed by atoms with Crippen LogP contribution in [0.25, 0.3) is 11.1 Å². The number of hydrogen-bond donors (Lipinski definition) is 1. The van der Waals surface area contributed by atoms with Gasteiger partial charge in [-0.15, -0.1) is 0 Å². The molecular weight excluding hydrogens is 227 g/mol. The monoisotopic (exact) mass is 237 g/mol. The summed E-state index contributed by atoms with van der Waals surface area (Å²) in [6.45, 7) is 1.74. The van der Waals surface area contributed by atoms with Crippen molar-refractivity contribution >= 4 is 5.69 Å². The summed E-state index contributed by atoms with van der Waals surface area (Å²) in [6.07, 6.45) is 0. The molecule has 2 aromatic rings. The number of nitrogen functional groups attached to an aromatic ring is 1. The third kappa shape index (κ3) is 2.11. The molecule has 0 amide bonds. The first-order valence-electron chi connectivity index (χ1n) is 5.00. The first-order valence-corrected chi connectivity index (χ1v) is 5.00. The van der Waals surface area contributed by atoms with E-state index in [0.717, 1.165) is 17.7 Å². The van der Waals surface area contributed by atoms with Crippen molar-refractivity contribution in [3.05, 3.63) is 53.3 Å². The van der Waals surface area contributed by atoms with Crippen LogP contribution in [0.4, 0.5) is 18.9 Å². The fraction of sp³-hybridized carbons (Fsp3) is 0.0769. The van der Waals surface area contributed by atoms with Crippen LogP contribution >= 0.6 is 0 Å². The SMILES string of the molecule is Cc1ccc(F)c(-c2cc(F)c(N)cc2F)c1. The highest BCUT2D eigenvalue weighted by molar-refractivity contribution is 5.68. The van der Waals surface area contributed by atoms with Crippen LogP contribution in [0.2, 0.25) is 0 Å². The standard InChI is InChI=1S/C13H10F3N/c1-7-2-3-10(14)8(4-7)9-5-12(16)13(17)6-11(9)15/h2-6H,17H2,1H3. The van der Waals surface area contributed by atoms with Gasteiger partial charge in [-0.05, 0) is 25.1 Å². The van der Waals surface area contributed by atoms with Gasteiger partial charge in [-0.3, -0.25) is 0 Å². The van der Waals surface area contributed by atoms with E-state index in [9.17, 15) is 13.2 Å². The second-order valence-corrected chi connectivity index (χ2v) is 3.84. The maximum Gasteiger partial charge on any atom is 0.146 e. The minimum atomic E-state index is -0.762. The lowest BCUT2D eigenvalue weighted by Crippen LogP contribution is -1.96. The van der Waals surface area contributed by atoms with Crippen molar-refractivity contribution in [1.82, 2.24) is 0 Å². The van der Waals surface area contributed by atoms with Crippen LogP contribution in [-0.2, 0) is 0 Å². The highest BCUT2D eigenvalue weighted by Crippen LogP contribution is 2.29. The zero-order valence-corrected chi connectivity index (χ0v) is 9.10. The van der Waals surface area contributed by atoms with Gasteiger partial charge in [-0.2, -0.15) is 0 Å². The summed E-state index contributed by atoms with van der Waals surface area (Å²) in [7, 11) is 0. The largest absolute Gasteiger partial charge is 0.396 e. The quantitative estimate of drug-likeness (QED) is 0.752. The molecular formula is C13H10F3N. The van der Waals surface area contributed by atoms with E-state index in [4.69, 9.17) is 5.73 Å². The van der Waals surface area contributed by atoms with Gasteiger partial charge in [-0.25, -0.2) is 13.2 Å². The fourth-order valence-corrected chi connectivity index (χ4v) is 1.61. The molecule has 0 aromatic heterocycles. The number of halogens is 3. The zero-order valence-electron chi connectivity index (χ0n) is 9.10. The van der Waals surface area contributed by atoms with E-state index in [-0.39, 0.29) is 16.8 Å². The van der Waals surface area contributed by atoms with Gasteiger partial charge in [0.05, 0.1) is 5.69 Å². The van der Waals surface area contributed by atoms with Crippen molar-refractivity contribution in [2.75, 3.05) is 5.73 Å². The number of nitrogens with two attached hydrogens (primary N) is 1. The molecule has 0 saturated carbocycles. The summed E-state index contributed by atoms with van der Waals surface area (Å²) in [6, 6.07) is 6.00. The highest BCUT2D eigenvalue weighted by Gasteiger charge is 2.13. The van der Waals surface area contributed by atoms with Gasteiger partial charge in [0.15, 0.2) is 0 Å². The molecule has 0 spiro atoms. The Bertz CT molecular complexity index is 579. The fourth-order valence-electron chi connectivity index (χ4n) is 1.61. The Labute approximate surface area is 96.7 Å². The molecule has 0 fully saturated rings. The molecule has 0 aliphatic rings. The molecule has 2 N–H and O–H groups in total. The normalized spacial score (nSPS) is 10.6. The van der Waals surface area contributed by atoms with Crippen molar-refractivity contribution in [2.45, 2.75) is 6.92 Å². The summed E-state index contributed by atoms with van der Waals surface area (Å²) in [5.74, 6) is -2.10. The number of aryl methyl sites for hydroxylation is 1. The van der Waals surface area contributed by atoms with E-state index in [1.54, 1.807) is 13.0 Å². The van der Waals surface area contributed by atoms with Gasteiger partial charge in [0.1, 0.15) is 17.5 Å². The van der Waals surface area contributed by atoms with Crippen molar-refractivity contribution in [3.8, 4) is 11.1 Å². The lowest BCUT2D eigenvalue weighted by Gasteiger charge is -2.07. The molecule has 17 heavy (non-hydrogen) atoms. The van der Waals surface area contributed by atoms with Crippen molar-refractivity contribution < 1.29 is 13.2 Å². The molecule has 0 radical (unpaired) electrons. The summed E-state index contributed by atoms with van der Waals surface area (Å²) in [5, 5.41) is 0. The molecule has 0 aliphatic heterocycles. The van der Waals surface area contributed by atoms with Gasteiger partial charge in [0, 0.05) is 17.2 Å². The lowest BCUT2D eigenvalue weighted by molar-refractivity contribution is 0.601. The van der Waals surface area contributed by atoms with Gasteiger partial charge in [0.2, 0.25) is 0 Å². The average Bonchev–Trinajstić information content (AvgIpc) is 2.27. The van der Waals surface area contributed by atoms with E-state index in [1.165, 1.54) is 12.1 Å². The third-order valence-corrected chi connectivity index (χ3v) is 2.50. The van der Waals surface area contributed by atoms with Crippen LogP contribution < -0.4 is 5.73 Å². The first-order chi connectivity index (χ1) is 7.99. The number of benzene rings is 2. The average molecular weight is 237 g/mol. The van der Waals surface area contributed by atoms with Gasteiger partial charge in [-0.1, -0.05) is 11.6 Å². The van der Waals surface area contributed by atoms with Crippen LogP contribution in [0.15, 0.2) is 30.3 Å². The van der Waals surface area contributed by atoms with Crippen molar-refractivity contribution in [3.63, 3.8) is 0 Å². The lowest BCUT2D eigenvalue weighted by atomic mass is 10.0. The molecule has 0 bridgehead atoms. The molecule has 88 valence electrons. The van der Waals surface area contributed by atoms with E-state index in [1.807, 2.05) is 0 Å². The van der Waals surface area contributed by atoms with Crippen LogP contribution in [0.3, 0.4) is 0 Å². The molecule has 0 heterocycles. The van der Waals surface area contributed by atoms with Crippen molar-refractivity contribution in [1.29, 1.82) is 0 Å². The topological polar surface area (TPSA) is 26.0 Å². The minimum absolute atomic E-state index is 0.0291. The van der Waals surface area contributed by atoms with Gasteiger partial charge >= 0.3 is 0 Å². The maximum atomic E-state index is 13.6. The summed E-state index contributed by atoms with van der Waals surface area (Å²) >= 11 is 0. The summed E-state index contributed by atoms with van der Waals surface area (Å²) in [4.78, 5) is 0. The van der Waals surface area contributed by atoms with Crippen LogP contribution in [-0.4, -0.2) is 0 Å². The summed E-state index contributed by atoms with van der Waals surface area (Å²) in [5.41, 5.74) is 5.60. The number of hydrogen-bond acceptors (Lipinski definition) is 1. The number of anilines is 1. The third-order valence-electron chi connectivity index (χ3n) is 2.50. The molecule has 0 atom stereocenters. The van der Waals surface area contributed by atoms with E-state index in [0.29, 0.717) is 0 Å². The number of rotatable bonds is 1. The second kappa shape index (κ2) is 4.13. The van der Waals surface area contributed by atoms with Crippen LogP contribution in [0.5, 0.6) is 0 Å². The molecule has 0 saturated heterocycles. The smallest absolute Gasteiger partial charge is 0.146 e. The Kier molecular flexibility index (Phi) is 2.79. The van der Waals surface area contributed by atoms with E-state index in [2.05, 4.69) is 0 Å². The molecule has 1 nitrogen and oxygen atoms in total. The molecule has 0 unspecified atom stereocenters. The highest BCUT2D eigenvalue weighted by atomic mass is 19.1. The Balaban J connectivity index is 2.68. The van der Waals surface area contributed by atoms with Crippen LogP contribution in [0, 0.1) is 24.4 Å². The van der Waals surface area contributed by atoms with Crippen molar-refractivity contribution in [2.24, 2.45) is 0 Å². The first kappa shape index (κ1) is 11.5. The molecule has 0 aliphatic carbocycles. The van der Waals surface area contributed by atoms with Crippen LogP contribution in [0.1, 0.15) is 5.56 Å².